The molecule has 0 aliphatic rings. The van der Waals surface area contributed by atoms with Gasteiger partial charge in [-0.3, -0.25) is 4.18 Å². The highest BCUT2D eigenvalue weighted by atomic mass is 32.2. The molecule has 0 fully saturated rings. The second kappa shape index (κ2) is 12.3. The highest BCUT2D eigenvalue weighted by Crippen LogP contribution is 2.36. The van der Waals surface area contributed by atoms with Gasteiger partial charge in [0.25, 0.3) is 10.1 Å². The van der Waals surface area contributed by atoms with Gasteiger partial charge in [0.1, 0.15) is 17.5 Å². The molecule has 1 atom stereocenters. The van der Waals surface area contributed by atoms with Crippen molar-refractivity contribution in [3.8, 4) is 17.6 Å². The molecule has 0 bridgehead atoms. The maximum atomic E-state index is 12.5. The Morgan fingerprint density at radius 1 is 1.00 bits per heavy atom. The van der Waals surface area contributed by atoms with E-state index in [0.29, 0.717) is 24.7 Å². The molecule has 0 radical (unpaired) electrons. The molecule has 0 aliphatic carbocycles. The van der Waals surface area contributed by atoms with Crippen LogP contribution in [0.1, 0.15) is 62.8 Å². The highest BCUT2D eigenvalue weighted by molar-refractivity contribution is 7.86. The van der Waals surface area contributed by atoms with E-state index >= 15 is 0 Å². The smallest absolute Gasteiger partial charge is 0.297 e. The lowest BCUT2D eigenvalue weighted by Gasteiger charge is -2.36. The van der Waals surface area contributed by atoms with Crippen LogP contribution in [-0.2, 0) is 18.7 Å². The lowest BCUT2D eigenvalue weighted by atomic mass is 10.2. The van der Waals surface area contributed by atoms with Crippen LogP contribution < -0.4 is 4.74 Å². The first-order valence-electron chi connectivity index (χ1n) is 12.6. The van der Waals surface area contributed by atoms with E-state index in [1.807, 2.05) is 31.2 Å². The summed E-state index contributed by atoms with van der Waals surface area (Å²) in [6.45, 7) is 16.0. The average molecular weight is 556 g/mol. The number of hydrogen-bond acceptors (Lipinski definition) is 7. The van der Waals surface area contributed by atoms with Crippen molar-refractivity contribution >= 4 is 18.4 Å². The zero-order valence-electron chi connectivity index (χ0n) is 23.2. The van der Waals surface area contributed by atoms with Gasteiger partial charge in [-0.1, -0.05) is 49.5 Å². The van der Waals surface area contributed by atoms with Gasteiger partial charge < -0.3 is 13.7 Å². The Hall–Kier alpha value is -2.90. The Balaban J connectivity index is 1.50. The summed E-state index contributed by atoms with van der Waals surface area (Å²) in [7, 11) is -5.66. The predicted octanol–water partition coefficient (Wildman–Crippen LogP) is 6.64. The van der Waals surface area contributed by atoms with Crippen molar-refractivity contribution in [3.05, 3.63) is 77.2 Å². The van der Waals surface area contributed by atoms with Crippen LogP contribution >= 0.6 is 0 Å². The zero-order valence-corrected chi connectivity index (χ0v) is 25.0. The first-order valence-corrected chi connectivity index (χ1v) is 16.9. The van der Waals surface area contributed by atoms with E-state index in [1.54, 1.807) is 25.1 Å². The van der Waals surface area contributed by atoms with Crippen LogP contribution in [0.4, 0.5) is 0 Å². The Morgan fingerprint density at radius 3 is 2.29 bits per heavy atom. The van der Waals surface area contributed by atoms with Gasteiger partial charge in [0.05, 0.1) is 11.5 Å². The largest absolute Gasteiger partial charge is 0.494 e. The molecule has 1 unspecified atom stereocenters. The van der Waals surface area contributed by atoms with Crippen LogP contribution in [0.3, 0.4) is 0 Å². The average Bonchev–Trinajstić information content (AvgIpc) is 3.32. The fraction of sp³-hybridized carbons (Fsp3) is 0.414. The van der Waals surface area contributed by atoms with E-state index in [4.69, 9.17) is 17.9 Å². The molecule has 38 heavy (non-hydrogen) atoms. The lowest BCUT2D eigenvalue weighted by Crippen LogP contribution is -2.41. The number of aryl methyl sites for hydroxylation is 1. The Labute approximate surface area is 227 Å². The number of ether oxygens (including phenoxy) is 1. The van der Waals surface area contributed by atoms with Crippen LogP contribution in [0.2, 0.25) is 18.1 Å². The molecule has 0 saturated carbocycles. The summed E-state index contributed by atoms with van der Waals surface area (Å²) in [6, 6.07) is 15.5. The Bertz CT molecular complexity index is 1360. The molecule has 3 rings (SSSR count). The molecule has 204 valence electrons. The number of hydrogen-bond donors (Lipinski definition) is 0. The minimum atomic E-state index is -3.93. The molecular formula is C29H37NO6SSi. The van der Waals surface area contributed by atoms with Crippen molar-refractivity contribution in [2.75, 3.05) is 13.2 Å². The molecule has 0 N–H and O–H groups in total. The van der Waals surface area contributed by atoms with Crippen LogP contribution in [0, 0.1) is 18.8 Å². The summed E-state index contributed by atoms with van der Waals surface area (Å²) in [4.78, 5) is 0.0883. The molecule has 0 amide bonds. The van der Waals surface area contributed by atoms with Crippen LogP contribution in [-0.4, -0.2) is 35.1 Å². The van der Waals surface area contributed by atoms with Crippen molar-refractivity contribution in [3.63, 3.8) is 0 Å². The molecule has 0 aliphatic heterocycles. The summed E-state index contributed by atoms with van der Waals surface area (Å²) >= 11 is 0. The normalized spacial score (nSPS) is 13.0. The van der Waals surface area contributed by atoms with Gasteiger partial charge in [-0.05, 0) is 74.3 Å². The van der Waals surface area contributed by atoms with Crippen LogP contribution in [0.5, 0.6) is 5.75 Å². The van der Waals surface area contributed by atoms with Crippen LogP contribution in [0.15, 0.2) is 64.0 Å². The Kier molecular flexibility index (Phi) is 9.60. The van der Waals surface area contributed by atoms with Crippen molar-refractivity contribution in [2.45, 2.75) is 70.2 Å². The molecule has 9 heteroatoms. The minimum absolute atomic E-state index is 0.0883. The van der Waals surface area contributed by atoms with E-state index < -0.39 is 24.5 Å². The molecular weight excluding hydrogens is 518 g/mol. The fourth-order valence-corrected chi connectivity index (χ4v) is 5.25. The molecule has 2 aromatic carbocycles. The second-order valence-electron chi connectivity index (χ2n) is 10.7. The first-order chi connectivity index (χ1) is 17.8. The summed E-state index contributed by atoms with van der Waals surface area (Å²) in [6.07, 6.45) is 0.000374. The quantitative estimate of drug-likeness (QED) is 0.120. The van der Waals surface area contributed by atoms with Gasteiger partial charge >= 0.3 is 0 Å². The molecule has 0 spiro atoms. The third kappa shape index (κ3) is 8.30. The monoisotopic (exact) mass is 555 g/mol. The summed E-state index contributed by atoms with van der Waals surface area (Å²) in [5.74, 6) is 7.00. The van der Waals surface area contributed by atoms with Gasteiger partial charge in [-0.25, -0.2) is 0 Å². The van der Waals surface area contributed by atoms with E-state index in [1.165, 1.54) is 12.1 Å². The molecule has 0 saturated heterocycles. The van der Waals surface area contributed by atoms with Crippen molar-refractivity contribution < 1.29 is 26.3 Å². The third-order valence-corrected chi connectivity index (χ3v) is 12.5. The van der Waals surface area contributed by atoms with Crippen molar-refractivity contribution in [1.82, 2.24) is 5.16 Å². The van der Waals surface area contributed by atoms with Crippen molar-refractivity contribution in [1.29, 1.82) is 0 Å². The van der Waals surface area contributed by atoms with E-state index in [9.17, 15) is 8.42 Å². The van der Waals surface area contributed by atoms with Crippen molar-refractivity contribution in [2.24, 2.45) is 0 Å². The zero-order chi connectivity index (χ0) is 28.0. The van der Waals surface area contributed by atoms with Gasteiger partial charge in [0.15, 0.2) is 8.32 Å². The number of aromatic nitrogens is 1. The summed E-state index contributed by atoms with van der Waals surface area (Å²) in [5.41, 5.74) is 2.08. The van der Waals surface area contributed by atoms with Gasteiger partial charge in [-0.2, -0.15) is 8.42 Å². The highest BCUT2D eigenvalue weighted by Gasteiger charge is 2.36. The lowest BCUT2D eigenvalue weighted by molar-refractivity contribution is 0.221. The Morgan fingerprint density at radius 2 is 1.66 bits per heavy atom. The standard InChI is InChI=1S/C29H37NO6SSi/c1-22-9-17-27(18-10-22)37(31,32)36-23(2)28-21-26(35-30-28)16-13-24-11-14-25(15-12-24)33-19-8-20-34-38(6,7)29(3,4)5/h9-12,14-15,17-18,21,23H,8,19-20H2,1-7H3. The maximum Gasteiger partial charge on any atom is 0.297 e. The molecule has 1 heterocycles. The molecule has 7 nitrogen and oxygen atoms in total. The van der Waals surface area contributed by atoms with Gasteiger partial charge in [0, 0.05) is 24.7 Å². The minimum Gasteiger partial charge on any atom is -0.494 e. The predicted molar refractivity (Wildman–Crippen MR) is 150 cm³/mol. The van der Waals surface area contributed by atoms with Crippen LogP contribution in [0.25, 0.3) is 0 Å². The summed E-state index contributed by atoms with van der Waals surface area (Å²) < 4.78 is 47.6. The van der Waals surface area contributed by atoms with E-state index in [0.717, 1.165) is 23.3 Å². The summed E-state index contributed by atoms with van der Waals surface area (Å²) in [5, 5.41) is 4.12. The van der Waals surface area contributed by atoms with E-state index in [-0.39, 0.29) is 9.93 Å². The number of nitrogens with zero attached hydrogens (tertiary/aromatic N) is 1. The first kappa shape index (κ1) is 29.6. The number of benzene rings is 2. The second-order valence-corrected chi connectivity index (χ2v) is 17.1. The topological polar surface area (TPSA) is 87.9 Å². The maximum absolute atomic E-state index is 12.5. The van der Waals surface area contributed by atoms with Gasteiger partial charge in [-0.15, -0.1) is 0 Å². The number of rotatable bonds is 10. The SMILES string of the molecule is Cc1ccc(S(=O)(=O)OC(C)c2cc(C#Cc3ccc(OCCCO[Si](C)(C)C(C)(C)C)cc3)on2)cc1. The third-order valence-electron chi connectivity index (χ3n) is 6.54. The molecule has 3 aromatic rings. The van der Waals surface area contributed by atoms with Gasteiger partial charge in [0.2, 0.25) is 5.76 Å². The molecule has 1 aromatic heterocycles. The van der Waals surface area contributed by atoms with E-state index in [2.05, 4.69) is 50.9 Å². The fourth-order valence-electron chi connectivity index (χ4n) is 3.10.